The first kappa shape index (κ1) is 25.5. The zero-order valence-corrected chi connectivity index (χ0v) is 20.5. The Hall–Kier alpha value is -3.14. The fourth-order valence-electron chi connectivity index (χ4n) is 3.66. The van der Waals surface area contributed by atoms with Crippen LogP contribution in [0.2, 0.25) is 0 Å². The van der Waals surface area contributed by atoms with Crippen molar-refractivity contribution >= 4 is 11.6 Å². The van der Waals surface area contributed by atoms with E-state index in [4.69, 9.17) is 21.1 Å². The smallest absolute Gasteiger partial charge is 0.226 e. The molecule has 2 aromatic rings. The zero-order valence-electron chi connectivity index (χ0n) is 20.5. The van der Waals surface area contributed by atoms with Gasteiger partial charge in [0.2, 0.25) is 11.8 Å². The molecule has 2 heterocycles. The Kier molecular flexibility index (Phi) is 8.49. The van der Waals surface area contributed by atoms with Crippen molar-refractivity contribution in [3.05, 3.63) is 41.5 Å². The molecule has 0 spiro atoms. The molecule has 0 aliphatic heterocycles. The van der Waals surface area contributed by atoms with Crippen LogP contribution in [0.5, 0.6) is 11.6 Å². The van der Waals surface area contributed by atoms with E-state index in [1.807, 2.05) is 19.1 Å². The minimum Gasteiger partial charge on any atom is -0.489 e. The van der Waals surface area contributed by atoms with Gasteiger partial charge >= 0.3 is 0 Å². The van der Waals surface area contributed by atoms with Crippen molar-refractivity contribution in [1.29, 1.82) is 0 Å². The summed E-state index contributed by atoms with van der Waals surface area (Å²) < 4.78 is 25.3. The van der Waals surface area contributed by atoms with Gasteiger partial charge < -0.3 is 25.5 Å². The number of hydrogen-bond donors (Lipinski definition) is 3. The summed E-state index contributed by atoms with van der Waals surface area (Å²) in [6.07, 6.45) is 7.63. The maximum absolute atomic E-state index is 13.7. The Bertz CT molecular complexity index is 986. The number of alkyl halides is 1. The van der Waals surface area contributed by atoms with Gasteiger partial charge in [0.15, 0.2) is 0 Å². The lowest BCUT2D eigenvalue weighted by atomic mass is 9.98. The van der Waals surface area contributed by atoms with Crippen molar-refractivity contribution in [3.8, 4) is 11.6 Å². The van der Waals surface area contributed by atoms with E-state index in [-0.39, 0.29) is 25.1 Å². The highest BCUT2D eigenvalue weighted by Crippen LogP contribution is 2.26. The summed E-state index contributed by atoms with van der Waals surface area (Å²) in [5.74, 6) is 7.41. The number of pyridine rings is 1. The quantitative estimate of drug-likeness (QED) is 0.351. The third kappa shape index (κ3) is 7.44. The Morgan fingerprint density at radius 3 is 2.59 bits per heavy atom. The molecular weight excluding hydrogens is 437 g/mol. The lowest BCUT2D eigenvalue weighted by Crippen LogP contribution is -2.32. The molecule has 34 heavy (non-hydrogen) atoms. The molecule has 1 aliphatic carbocycles. The van der Waals surface area contributed by atoms with Gasteiger partial charge in [-0.3, -0.25) is 0 Å². The number of anilines is 1. The second-order valence-corrected chi connectivity index (χ2v) is 9.21. The van der Waals surface area contributed by atoms with Crippen molar-refractivity contribution in [2.24, 2.45) is 11.6 Å². The largest absolute Gasteiger partial charge is 0.489 e. The fourth-order valence-corrected chi connectivity index (χ4v) is 3.66. The number of hydrogen-bond acceptors (Lipinski definition) is 9. The maximum Gasteiger partial charge on any atom is 0.226 e. The van der Waals surface area contributed by atoms with Gasteiger partial charge in [-0.1, -0.05) is 6.42 Å². The number of nitrogens with two attached hydrogens (primary N) is 2. The Morgan fingerprint density at radius 2 is 1.94 bits per heavy atom. The van der Waals surface area contributed by atoms with Gasteiger partial charge in [0, 0.05) is 19.3 Å². The predicted molar refractivity (Wildman–Crippen MR) is 131 cm³/mol. The maximum atomic E-state index is 13.7. The zero-order chi connectivity index (χ0) is 24.7. The van der Waals surface area contributed by atoms with E-state index in [2.05, 4.69) is 20.3 Å². The highest BCUT2D eigenvalue weighted by atomic mass is 19.1. The van der Waals surface area contributed by atoms with Crippen molar-refractivity contribution in [3.63, 3.8) is 0 Å². The van der Waals surface area contributed by atoms with Gasteiger partial charge in [0.25, 0.3) is 0 Å². The molecular formula is C24H36FN7O2. The topological polar surface area (TPSA) is 124 Å². The van der Waals surface area contributed by atoms with Gasteiger partial charge in [-0.15, -0.1) is 0 Å². The minimum atomic E-state index is -1.46. The molecule has 0 unspecified atom stereocenters. The lowest BCUT2D eigenvalue weighted by molar-refractivity contribution is 0.117. The molecule has 0 bridgehead atoms. The summed E-state index contributed by atoms with van der Waals surface area (Å²) in [5, 5.41) is 4.51. The standard InChI is InChI=1S/C24H36FN7O2/c1-16-20(34-17-8-6-5-7-9-17)11-10-18(30-16)22(26)19(32(4)27)14-29-23-28-13-12-21(31-23)33-15-24(2,3)25/h10-13,17H,5-9,14-15,26-27H2,1-4H3,(H,28,29,31)/b22-19-. The summed E-state index contributed by atoms with van der Waals surface area (Å²) >= 11 is 0. The number of nitrogens with zero attached hydrogens (tertiary/aromatic N) is 4. The monoisotopic (exact) mass is 473 g/mol. The molecule has 10 heteroatoms. The van der Waals surface area contributed by atoms with Crippen molar-refractivity contribution in [2.75, 3.05) is 25.5 Å². The summed E-state index contributed by atoms with van der Waals surface area (Å²) in [5.41, 5.74) is 7.39. The number of aryl methyl sites for hydroxylation is 1. The average molecular weight is 474 g/mol. The lowest BCUT2D eigenvalue weighted by Gasteiger charge is -2.24. The number of hydrazine groups is 1. The third-order valence-electron chi connectivity index (χ3n) is 5.50. The molecule has 5 N–H and O–H groups in total. The van der Waals surface area contributed by atoms with Crippen LogP contribution < -0.4 is 26.4 Å². The van der Waals surface area contributed by atoms with E-state index in [1.54, 1.807) is 13.1 Å². The van der Waals surface area contributed by atoms with Crippen molar-refractivity contribution in [1.82, 2.24) is 20.0 Å². The molecule has 0 atom stereocenters. The van der Waals surface area contributed by atoms with Crippen molar-refractivity contribution in [2.45, 2.75) is 64.6 Å². The van der Waals surface area contributed by atoms with E-state index >= 15 is 0 Å². The summed E-state index contributed by atoms with van der Waals surface area (Å²) in [4.78, 5) is 13.1. The number of aromatic nitrogens is 3. The molecule has 0 saturated heterocycles. The molecule has 0 radical (unpaired) electrons. The van der Waals surface area contributed by atoms with E-state index in [1.165, 1.54) is 44.3 Å². The molecule has 1 saturated carbocycles. The Labute approximate surface area is 200 Å². The van der Waals surface area contributed by atoms with Gasteiger partial charge in [-0.25, -0.2) is 20.2 Å². The number of ether oxygens (including phenoxy) is 2. The summed E-state index contributed by atoms with van der Waals surface area (Å²) in [6, 6.07) is 5.32. The number of nitrogens with one attached hydrogen (secondary N) is 1. The van der Waals surface area contributed by atoms with Gasteiger partial charge in [0.05, 0.1) is 35.4 Å². The van der Waals surface area contributed by atoms with Crippen LogP contribution in [-0.4, -0.2) is 51.9 Å². The molecule has 1 fully saturated rings. The number of halogens is 1. The summed E-state index contributed by atoms with van der Waals surface area (Å²) in [6.45, 7) is 4.93. The first-order valence-corrected chi connectivity index (χ1v) is 11.6. The minimum absolute atomic E-state index is 0.113. The molecule has 9 nitrogen and oxygen atoms in total. The normalized spacial score (nSPS) is 15.5. The Morgan fingerprint density at radius 1 is 1.21 bits per heavy atom. The van der Waals surface area contributed by atoms with Crippen molar-refractivity contribution < 1.29 is 13.9 Å². The molecule has 1 aliphatic rings. The Balaban J connectivity index is 1.70. The second kappa shape index (κ2) is 11.3. The molecule has 3 rings (SSSR count). The van der Waals surface area contributed by atoms with E-state index in [9.17, 15) is 4.39 Å². The van der Waals surface area contributed by atoms with Crippen LogP contribution in [0, 0.1) is 6.92 Å². The fraction of sp³-hybridized carbons (Fsp3) is 0.542. The number of rotatable bonds is 10. The molecule has 0 aromatic carbocycles. The van der Waals surface area contributed by atoms with Crippen LogP contribution in [0.3, 0.4) is 0 Å². The molecule has 186 valence electrons. The average Bonchev–Trinajstić information content (AvgIpc) is 2.79. The second-order valence-electron chi connectivity index (χ2n) is 9.21. The van der Waals surface area contributed by atoms with E-state index in [0.29, 0.717) is 23.0 Å². The van der Waals surface area contributed by atoms with Crippen LogP contribution in [0.4, 0.5) is 10.3 Å². The first-order chi connectivity index (χ1) is 16.1. The van der Waals surface area contributed by atoms with Crippen LogP contribution in [-0.2, 0) is 0 Å². The number of likely N-dealkylation sites (N-methyl/N-ethyl adjacent to an activating group) is 1. The molecule has 2 aromatic heterocycles. The van der Waals surface area contributed by atoms with Gasteiger partial charge in [-0.2, -0.15) is 4.98 Å². The SMILES string of the molecule is Cc1nc(/C(N)=C(\CNc2nccc(OCC(C)(C)F)n2)N(C)N)ccc1OC1CCCCC1. The van der Waals surface area contributed by atoms with Crippen LogP contribution >= 0.6 is 0 Å². The summed E-state index contributed by atoms with van der Waals surface area (Å²) in [7, 11) is 1.70. The van der Waals surface area contributed by atoms with Crippen LogP contribution in [0.25, 0.3) is 5.70 Å². The van der Waals surface area contributed by atoms with E-state index in [0.717, 1.165) is 24.3 Å². The first-order valence-electron chi connectivity index (χ1n) is 11.6. The third-order valence-corrected chi connectivity index (χ3v) is 5.50. The van der Waals surface area contributed by atoms with Crippen LogP contribution in [0.15, 0.2) is 30.1 Å². The van der Waals surface area contributed by atoms with Crippen LogP contribution in [0.1, 0.15) is 57.3 Å². The van der Waals surface area contributed by atoms with Gasteiger partial charge in [-0.05, 0) is 58.6 Å². The highest BCUT2D eigenvalue weighted by Gasteiger charge is 2.19. The van der Waals surface area contributed by atoms with E-state index < -0.39 is 5.67 Å². The predicted octanol–water partition coefficient (Wildman–Crippen LogP) is 3.56. The van der Waals surface area contributed by atoms with Gasteiger partial charge in [0.1, 0.15) is 18.0 Å². The molecule has 0 amide bonds. The highest BCUT2D eigenvalue weighted by molar-refractivity contribution is 5.64.